The summed E-state index contributed by atoms with van der Waals surface area (Å²) in [5, 5.41) is 3.30. The molecule has 0 radical (unpaired) electrons. The molecule has 0 aromatic rings. The van der Waals surface area contributed by atoms with Gasteiger partial charge in [0, 0.05) is 26.2 Å². The first-order chi connectivity index (χ1) is 9.95. The predicted molar refractivity (Wildman–Crippen MR) is 85.4 cm³/mol. The van der Waals surface area contributed by atoms with Gasteiger partial charge in [0.25, 0.3) is 10.2 Å². The zero-order valence-electron chi connectivity index (χ0n) is 13.6. The van der Waals surface area contributed by atoms with Crippen LogP contribution in [0.25, 0.3) is 0 Å². The van der Waals surface area contributed by atoms with Gasteiger partial charge in [-0.1, -0.05) is 20.8 Å². The normalized spacial score (nSPS) is 21.0. The molecule has 7 heteroatoms. The highest BCUT2D eigenvalue weighted by Crippen LogP contribution is 2.17. The average Bonchev–Trinajstić information content (AvgIpc) is 2.44. The van der Waals surface area contributed by atoms with Gasteiger partial charge < -0.3 is 10.1 Å². The zero-order chi connectivity index (χ0) is 15.7. The SMILES string of the molecule is CCNCC1CCCN(S(=O)(=O)NCCOCC(C)C)C1. The van der Waals surface area contributed by atoms with E-state index in [9.17, 15) is 8.42 Å². The van der Waals surface area contributed by atoms with Crippen molar-refractivity contribution in [3.8, 4) is 0 Å². The van der Waals surface area contributed by atoms with Crippen LogP contribution in [0.4, 0.5) is 0 Å². The molecule has 0 aliphatic carbocycles. The van der Waals surface area contributed by atoms with Gasteiger partial charge in [-0.15, -0.1) is 0 Å². The highest BCUT2D eigenvalue weighted by Gasteiger charge is 2.28. The Hall–Kier alpha value is -0.210. The number of nitrogens with one attached hydrogen (secondary N) is 2. The number of nitrogens with zero attached hydrogens (tertiary/aromatic N) is 1. The summed E-state index contributed by atoms with van der Waals surface area (Å²) in [6, 6.07) is 0. The summed E-state index contributed by atoms with van der Waals surface area (Å²) in [5.41, 5.74) is 0. The Kier molecular flexibility index (Phi) is 8.73. The summed E-state index contributed by atoms with van der Waals surface area (Å²) in [5.74, 6) is 0.878. The van der Waals surface area contributed by atoms with E-state index in [1.165, 1.54) is 0 Å². The monoisotopic (exact) mass is 321 g/mol. The molecule has 1 aliphatic rings. The topological polar surface area (TPSA) is 70.7 Å². The van der Waals surface area contributed by atoms with Crippen LogP contribution in [0.2, 0.25) is 0 Å². The van der Waals surface area contributed by atoms with E-state index in [4.69, 9.17) is 4.74 Å². The van der Waals surface area contributed by atoms with Crippen molar-refractivity contribution < 1.29 is 13.2 Å². The largest absolute Gasteiger partial charge is 0.380 e. The Morgan fingerprint density at radius 3 is 2.81 bits per heavy atom. The third kappa shape index (κ3) is 7.56. The molecular formula is C14H31N3O3S. The van der Waals surface area contributed by atoms with Crippen LogP contribution in [0.1, 0.15) is 33.6 Å². The van der Waals surface area contributed by atoms with Gasteiger partial charge in [0.15, 0.2) is 0 Å². The molecule has 1 rings (SSSR count). The van der Waals surface area contributed by atoms with Crippen molar-refractivity contribution in [2.24, 2.45) is 11.8 Å². The molecule has 1 atom stereocenters. The minimum atomic E-state index is -3.37. The van der Waals surface area contributed by atoms with E-state index in [-0.39, 0.29) is 0 Å². The fourth-order valence-corrected chi connectivity index (χ4v) is 3.71. The molecule has 0 aromatic heterocycles. The molecule has 1 aliphatic heterocycles. The first-order valence-corrected chi connectivity index (χ1v) is 9.43. The second-order valence-electron chi connectivity index (χ2n) is 6.04. The maximum absolute atomic E-state index is 12.2. The summed E-state index contributed by atoms with van der Waals surface area (Å²) in [4.78, 5) is 0. The average molecular weight is 321 g/mol. The first-order valence-electron chi connectivity index (χ1n) is 7.99. The van der Waals surface area contributed by atoms with Crippen LogP contribution in [-0.2, 0) is 14.9 Å². The van der Waals surface area contributed by atoms with Crippen molar-refractivity contribution in [2.75, 3.05) is 45.9 Å². The standard InChI is InChI=1S/C14H31N3O3S/c1-4-15-10-14-6-5-8-17(11-14)21(18,19)16-7-9-20-12-13(2)3/h13-16H,4-12H2,1-3H3. The van der Waals surface area contributed by atoms with E-state index in [0.29, 0.717) is 44.7 Å². The van der Waals surface area contributed by atoms with Gasteiger partial charge in [-0.2, -0.15) is 17.4 Å². The second-order valence-corrected chi connectivity index (χ2v) is 7.80. The van der Waals surface area contributed by atoms with E-state index in [0.717, 1.165) is 25.9 Å². The van der Waals surface area contributed by atoms with E-state index in [1.54, 1.807) is 4.31 Å². The lowest BCUT2D eigenvalue weighted by molar-refractivity contribution is 0.114. The Morgan fingerprint density at radius 2 is 2.14 bits per heavy atom. The van der Waals surface area contributed by atoms with Crippen molar-refractivity contribution in [2.45, 2.75) is 33.6 Å². The number of hydrogen-bond donors (Lipinski definition) is 2. The number of hydrogen-bond acceptors (Lipinski definition) is 4. The molecule has 0 bridgehead atoms. The highest BCUT2D eigenvalue weighted by atomic mass is 32.2. The van der Waals surface area contributed by atoms with Crippen molar-refractivity contribution in [1.82, 2.24) is 14.3 Å². The van der Waals surface area contributed by atoms with Gasteiger partial charge >= 0.3 is 0 Å². The highest BCUT2D eigenvalue weighted by molar-refractivity contribution is 7.87. The third-order valence-electron chi connectivity index (χ3n) is 3.49. The molecular weight excluding hydrogens is 290 g/mol. The Bertz CT molecular complexity index is 374. The summed E-state index contributed by atoms with van der Waals surface area (Å²) in [7, 11) is -3.37. The second kappa shape index (κ2) is 9.74. The summed E-state index contributed by atoms with van der Waals surface area (Å²) in [6.45, 7) is 10.7. The number of piperidine rings is 1. The van der Waals surface area contributed by atoms with Crippen molar-refractivity contribution in [3.63, 3.8) is 0 Å². The van der Waals surface area contributed by atoms with Crippen LogP contribution in [0.15, 0.2) is 0 Å². The molecule has 1 fully saturated rings. The van der Waals surface area contributed by atoms with Crippen molar-refractivity contribution in [1.29, 1.82) is 0 Å². The van der Waals surface area contributed by atoms with Crippen molar-refractivity contribution in [3.05, 3.63) is 0 Å². The quantitative estimate of drug-likeness (QED) is 0.584. The lowest BCUT2D eigenvalue weighted by Gasteiger charge is -2.32. The number of rotatable bonds is 10. The van der Waals surface area contributed by atoms with E-state index in [2.05, 4.69) is 30.8 Å². The van der Waals surface area contributed by atoms with Crippen LogP contribution < -0.4 is 10.0 Å². The predicted octanol–water partition coefficient (Wildman–Crippen LogP) is 0.815. The zero-order valence-corrected chi connectivity index (χ0v) is 14.4. The molecule has 0 aromatic carbocycles. The maximum atomic E-state index is 12.2. The molecule has 0 spiro atoms. The minimum absolute atomic E-state index is 0.337. The van der Waals surface area contributed by atoms with Gasteiger partial charge in [0.2, 0.25) is 0 Å². The molecule has 1 unspecified atom stereocenters. The van der Waals surface area contributed by atoms with Gasteiger partial charge in [-0.25, -0.2) is 0 Å². The molecule has 21 heavy (non-hydrogen) atoms. The Labute approximate surface area is 129 Å². The third-order valence-corrected chi connectivity index (χ3v) is 5.07. The lowest BCUT2D eigenvalue weighted by Crippen LogP contribution is -2.48. The summed E-state index contributed by atoms with van der Waals surface area (Å²) in [6.07, 6.45) is 2.03. The molecule has 0 amide bonds. The first kappa shape index (κ1) is 18.8. The maximum Gasteiger partial charge on any atom is 0.279 e. The van der Waals surface area contributed by atoms with Crippen LogP contribution in [0.5, 0.6) is 0 Å². The molecule has 6 nitrogen and oxygen atoms in total. The van der Waals surface area contributed by atoms with Crippen LogP contribution in [-0.4, -0.2) is 58.7 Å². The molecule has 0 saturated carbocycles. The van der Waals surface area contributed by atoms with Crippen LogP contribution in [0, 0.1) is 11.8 Å². The van der Waals surface area contributed by atoms with Crippen LogP contribution >= 0.6 is 0 Å². The fourth-order valence-electron chi connectivity index (χ4n) is 2.41. The van der Waals surface area contributed by atoms with Gasteiger partial charge in [0.05, 0.1) is 6.61 Å². The van der Waals surface area contributed by atoms with Gasteiger partial charge in [-0.3, -0.25) is 0 Å². The van der Waals surface area contributed by atoms with Crippen molar-refractivity contribution >= 4 is 10.2 Å². The molecule has 1 saturated heterocycles. The van der Waals surface area contributed by atoms with Gasteiger partial charge in [0.1, 0.15) is 0 Å². The Balaban J connectivity index is 2.32. The fraction of sp³-hybridized carbons (Fsp3) is 1.00. The van der Waals surface area contributed by atoms with Gasteiger partial charge in [-0.05, 0) is 37.8 Å². The molecule has 2 N–H and O–H groups in total. The lowest BCUT2D eigenvalue weighted by atomic mass is 10.00. The smallest absolute Gasteiger partial charge is 0.279 e. The molecule has 126 valence electrons. The minimum Gasteiger partial charge on any atom is -0.380 e. The number of ether oxygens (including phenoxy) is 1. The summed E-state index contributed by atoms with van der Waals surface area (Å²) < 4.78 is 34.1. The van der Waals surface area contributed by atoms with E-state index >= 15 is 0 Å². The summed E-state index contributed by atoms with van der Waals surface area (Å²) >= 11 is 0. The van der Waals surface area contributed by atoms with E-state index < -0.39 is 10.2 Å². The van der Waals surface area contributed by atoms with Crippen LogP contribution in [0.3, 0.4) is 0 Å². The van der Waals surface area contributed by atoms with E-state index in [1.807, 2.05) is 0 Å². The molecule has 1 heterocycles. The Morgan fingerprint density at radius 1 is 1.38 bits per heavy atom.